The summed E-state index contributed by atoms with van der Waals surface area (Å²) in [6.45, 7) is 3.91. The van der Waals surface area contributed by atoms with E-state index < -0.39 is 40.5 Å². The van der Waals surface area contributed by atoms with Gasteiger partial charge < -0.3 is 20.1 Å². The monoisotopic (exact) mass is 489 g/mol. The zero-order chi connectivity index (χ0) is 24.7. The minimum Gasteiger partial charge on any atom is -0.451 e. The molecular formula is C23H27N3O7S. The van der Waals surface area contributed by atoms with Gasteiger partial charge in [0.1, 0.15) is 6.54 Å². The third-order valence-corrected chi connectivity index (χ3v) is 7.06. The van der Waals surface area contributed by atoms with Gasteiger partial charge in [0.25, 0.3) is 11.8 Å². The number of hydrogen-bond donors (Lipinski definition) is 2. The lowest BCUT2D eigenvalue weighted by Crippen LogP contribution is -2.40. The van der Waals surface area contributed by atoms with Crippen LogP contribution in [0.25, 0.3) is 0 Å². The summed E-state index contributed by atoms with van der Waals surface area (Å²) < 4.78 is 37.2. The summed E-state index contributed by atoms with van der Waals surface area (Å²) in [6, 6.07) is 12.8. The van der Waals surface area contributed by atoms with Crippen molar-refractivity contribution in [1.82, 2.24) is 9.62 Å². The number of anilines is 1. The summed E-state index contributed by atoms with van der Waals surface area (Å²) in [7, 11) is -3.72. The maximum atomic E-state index is 12.8. The molecule has 0 spiro atoms. The lowest BCUT2D eigenvalue weighted by molar-refractivity contribution is -0.152. The van der Waals surface area contributed by atoms with E-state index in [4.69, 9.17) is 9.47 Å². The van der Waals surface area contributed by atoms with Gasteiger partial charge in [-0.15, -0.1) is 0 Å². The number of carbonyl (C=O) groups is 3. The Morgan fingerprint density at radius 3 is 2.50 bits per heavy atom. The number of carbonyl (C=O) groups excluding carboxylic acids is 3. The number of esters is 1. The van der Waals surface area contributed by atoms with Gasteiger partial charge in [-0.2, -0.15) is 4.31 Å². The van der Waals surface area contributed by atoms with Crippen molar-refractivity contribution >= 4 is 33.5 Å². The summed E-state index contributed by atoms with van der Waals surface area (Å²) >= 11 is 0. The highest BCUT2D eigenvalue weighted by molar-refractivity contribution is 7.89. The number of ether oxygens (including phenoxy) is 2. The standard InChI is InChI=1S/C23H27N3O7S/c1-16-6-3-4-9-20(16)23(29)24-15-21(27)33-17(2)22(28)25-18-7-5-8-19(14-18)34(30,31)26-10-12-32-13-11-26/h3-9,14,17H,10-13,15H2,1-2H3,(H,24,29)(H,25,28)/t17-/m1/s1. The molecule has 34 heavy (non-hydrogen) atoms. The molecule has 1 fully saturated rings. The first kappa shape index (κ1) is 25.3. The molecule has 2 aromatic rings. The molecule has 10 nitrogen and oxygen atoms in total. The van der Waals surface area contributed by atoms with Gasteiger partial charge >= 0.3 is 5.97 Å². The largest absolute Gasteiger partial charge is 0.451 e. The maximum Gasteiger partial charge on any atom is 0.326 e. The number of rotatable bonds is 8. The number of amides is 2. The van der Waals surface area contributed by atoms with Crippen molar-refractivity contribution in [2.24, 2.45) is 0 Å². The Morgan fingerprint density at radius 1 is 1.09 bits per heavy atom. The molecule has 2 aromatic carbocycles. The smallest absolute Gasteiger partial charge is 0.326 e. The molecule has 1 aliphatic heterocycles. The molecule has 1 atom stereocenters. The highest BCUT2D eigenvalue weighted by atomic mass is 32.2. The van der Waals surface area contributed by atoms with Gasteiger partial charge in [0.15, 0.2) is 6.10 Å². The van der Waals surface area contributed by atoms with E-state index in [-0.39, 0.29) is 23.7 Å². The van der Waals surface area contributed by atoms with E-state index in [1.807, 2.05) is 0 Å². The van der Waals surface area contributed by atoms with E-state index in [1.165, 1.54) is 35.5 Å². The van der Waals surface area contributed by atoms with Crippen molar-refractivity contribution in [2.75, 3.05) is 38.2 Å². The van der Waals surface area contributed by atoms with Gasteiger partial charge in [-0.05, 0) is 43.7 Å². The molecule has 0 saturated carbocycles. The van der Waals surface area contributed by atoms with Gasteiger partial charge in [-0.1, -0.05) is 24.3 Å². The first-order valence-corrected chi connectivity index (χ1v) is 12.1. The van der Waals surface area contributed by atoms with E-state index in [9.17, 15) is 22.8 Å². The second kappa shape index (κ2) is 11.2. The molecule has 0 bridgehead atoms. The van der Waals surface area contributed by atoms with Gasteiger partial charge in [0, 0.05) is 24.3 Å². The fourth-order valence-electron chi connectivity index (χ4n) is 3.28. The first-order valence-electron chi connectivity index (χ1n) is 10.7. The Labute approximate surface area is 198 Å². The Balaban J connectivity index is 1.54. The molecule has 11 heteroatoms. The summed E-state index contributed by atoms with van der Waals surface area (Å²) in [6.07, 6.45) is -1.16. The molecule has 2 N–H and O–H groups in total. The third-order valence-electron chi connectivity index (χ3n) is 5.17. The average Bonchev–Trinajstić information content (AvgIpc) is 2.83. The van der Waals surface area contributed by atoms with Crippen LogP contribution in [-0.2, 0) is 29.1 Å². The Kier molecular flexibility index (Phi) is 8.37. The van der Waals surface area contributed by atoms with E-state index in [2.05, 4.69) is 10.6 Å². The highest BCUT2D eigenvalue weighted by Crippen LogP contribution is 2.21. The van der Waals surface area contributed by atoms with Gasteiger partial charge in [0.05, 0.1) is 18.1 Å². The van der Waals surface area contributed by atoms with Crippen LogP contribution in [0.3, 0.4) is 0 Å². The molecule has 1 heterocycles. The van der Waals surface area contributed by atoms with Crippen molar-refractivity contribution in [3.63, 3.8) is 0 Å². The van der Waals surface area contributed by atoms with E-state index in [0.717, 1.165) is 5.56 Å². The second-order valence-corrected chi connectivity index (χ2v) is 9.60. The molecular weight excluding hydrogens is 462 g/mol. The molecule has 2 amide bonds. The molecule has 182 valence electrons. The van der Waals surface area contributed by atoms with Crippen molar-refractivity contribution in [1.29, 1.82) is 0 Å². The zero-order valence-corrected chi connectivity index (χ0v) is 19.8. The van der Waals surface area contributed by atoms with Crippen LogP contribution in [0.15, 0.2) is 53.4 Å². The van der Waals surface area contributed by atoms with Crippen LogP contribution >= 0.6 is 0 Å². The zero-order valence-electron chi connectivity index (χ0n) is 18.9. The van der Waals surface area contributed by atoms with Crippen molar-refractivity contribution in [2.45, 2.75) is 24.8 Å². The number of nitrogens with zero attached hydrogens (tertiary/aromatic N) is 1. The van der Waals surface area contributed by atoms with Crippen molar-refractivity contribution < 1.29 is 32.3 Å². The summed E-state index contributed by atoms with van der Waals surface area (Å²) in [5.74, 6) is -1.85. The third kappa shape index (κ3) is 6.40. The van der Waals surface area contributed by atoms with Gasteiger partial charge in [-0.3, -0.25) is 14.4 Å². The van der Waals surface area contributed by atoms with E-state index >= 15 is 0 Å². The fourth-order valence-corrected chi connectivity index (χ4v) is 4.74. The first-order chi connectivity index (χ1) is 16.2. The Bertz CT molecular complexity index is 1160. The molecule has 3 rings (SSSR count). The Hall–Kier alpha value is -3.28. The molecule has 0 aromatic heterocycles. The number of morpholine rings is 1. The second-order valence-electron chi connectivity index (χ2n) is 7.66. The van der Waals surface area contributed by atoms with Crippen LogP contribution in [0, 0.1) is 6.92 Å². The van der Waals surface area contributed by atoms with Crippen LogP contribution in [0.5, 0.6) is 0 Å². The van der Waals surface area contributed by atoms with E-state index in [1.54, 1.807) is 31.2 Å². The number of nitrogens with one attached hydrogen (secondary N) is 2. The number of sulfonamides is 1. The maximum absolute atomic E-state index is 12.8. The predicted octanol–water partition coefficient (Wildman–Crippen LogP) is 1.32. The van der Waals surface area contributed by atoms with Crippen LogP contribution in [0.1, 0.15) is 22.8 Å². The van der Waals surface area contributed by atoms with Crippen molar-refractivity contribution in [3.05, 3.63) is 59.7 Å². The molecule has 0 unspecified atom stereocenters. The summed E-state index contributed by atoms with van der Waals surface area (Å²) in [5, 5.41) is 5.01. The topological polar surface area (TPSA) is 131 Å². The van der Waals surface area contributed by atoms with Crippen molar-refractivity contribution in [3.8, 4) is 0 Å². The van der Waals surface area contributed by atoms with E-state index in [0.29, 0.717) is 18.8 Å². The molecule has 1 saturated heterocycles. The molecule has 0 aliphatic carbocycles. The average molecular weight is 490 g/mol. The fraction of sp³-hybridized carbons (Fsp3) is 0.348. The van der Waals surface area contributed by atoms with Crippen LogP contribution in [0.2, 0.25) is 0 Å². The summed E-state index contributed by atoms with van der Waals surface area (Å²) in [4.78, 5) is 36.8. The normalized spacial score (nSPS) is 15.2. The quantitative estimate of drug-likeness (QED) is 0.535. The molecule has 1 aliphatic rings. The van der Waals surface area contributed by atoms with Gasteiger partial charge in [0.2, 0.25) is 10.0 Å². The highest BCUT2D eigenvalue weighted by Gasteiger charge is 2.27. The summed E-state index contributed by atoms with van der Waals surface area (Å²) in [5.41, 5.74) is 1.45. The minimum atomic E-state index is -3.72. The number of benzene rings is 2. The number of aryl methyl sites for hydroxylation is 1. The number of hydrogen-bond acceptors (Lipinski definition) is 7. The lowest BCUT2D eigenvalue weighted by atomic mass is 10.1. The minimum absolute atomic E-state index is 0.0377. The molecule has 0 radical (unpaired) electrons. The van der Waals surface area contributed by atoms with Crippen LogP contribution in [0.4, 0.5) is 5.69 Å². The SMILES string of the molecule is Cc1ccccc1C(=O)NCC(=O)O[C@H](C)C(=O)Nc1cccc(S(=O)(=O)N2CCOCC2)c1. The van der Waals surface area contributed by atoms with Gasteiger partial charge in [-0.25, -0.2) is 8.42 Å². The Morgan fingerprint density at radius 2 is 1.79 bits per heavy atom. The lowest BCUT2D eigenvalue weighted by Gasteiger charge is -2.26. The van der Waals surface area contributed by atoms with Crippen LogP contribution in [-0.4, -0.2) is 69.5 Å². The predicted molar refractivity (Wildman–Crippen MR) is 124 cm³/mol. The van der Waals surface area contributed by atoms with Crippen LogP contribution < -0.4 is 10.6 Å².